The molecule has 4 rings (SSSR count). The average molecular weight is 295 g/mol. The summed E-state index contributed by atoms with van der Waals surface area (Å²) in [6.45, 7) is 6.07. The van der Waals surface area contributed by atoms with Gasteiger partial charge >= 0.3 is 0 Å². The first-order valence-electron chi connectivity index (χ1n) is 7.43. The van der Waals surface area contributed by atoms with Crippen molar-refractivity contribution in [2.24, 2.45) is 0 Å². The van der Waals surface area contributed by atoms with Crippen LogP contribution >= 0.6 is 0 Å². The zero-order valence-corrected chi connectivity index (χ0v) is 12.7. The van der Waals surface area contributed by atoms with E-state index in [1.165, 1.54) is 0 Å². The molecule has 112 valence electrons. The van der Waals surface area contributed by atoms with Gasteiger partial charge in [0.05, 0.1) is 17.8 Å². The summed E-state index contributed by atoms with van der Waals surface area (Å²) < 4.78 is 9.88. The Morgan fingerprint density at radius 2 is 2.09 bits per heavy atom. The normalized spacial score (nSPS) is 13.2. The highest BCUT2D eigenvalue weighted by Gasteiger charge is 2.21. The molecular weight excluding hydrogens is 278 g/mol. The number of fused-ring (bicyclic) bond motifs is 2. The summed E-state index contributed by atoms with van der Waals surface area (Å²) in [6, 6.07) is 8.09. The molecule has 2 aromatic heterocycles. The van der Waals surface area contributed by atoms with Gasteiger partial charge in [0.25, 0.3) is 0 Å². The largest absolute Gasteiger partial charge is 0.485 e. The third-order valence-electron chi connectivity index (χ3n) is 4.00. The summed E-state index contributed by atoms with van der Waals surface area (Å²) in [7, 11) is 0. The third-order valence-corrected chi connectivity index (χ3v) is 4.00. The van der Waals surface area contributed by atoms with Crippen LogP contribution in [0.3, 0.4) is 0 Å². The van der Waals surface area contributed by atoms with E-state index in [2.05, 4.69) is 32.9 Å². The fourth-order valence-electron chi connectivity index (χ4n) is 2.79. The van der Waals surface area contributed by atoms with Gasteiger partial charge in [-0.05, 0) is 19.9 Å². The van der Waals surface area contributed by atoms with Crippen LogP contribution in [0.1, 0.15) is 24.0 Å². The number of aromatic nitrogens is 5. The Bertz CT molecular complexity index is 833. The standard InChI is InChI=1S/C16H17N5O/c1-3-20-9-13(11(2)19-20)16-18-17-15-10-22-14-7-5-4-6-12(14)8-21(15)16/h4-7,9H,3,8,10H2,1-2H3. The highest BCUT2D eigenvalue weighted by Crippen LogP contribution is 2.28. The summed E-state index contributed by atoms with van der Waals surface area (Å²) in [4.78, 5) is 0. The predicted octanol–water partition coefficient (Wildman–Crippen LogP) is 2.41. The molecule has 3 aromatic rings. The number of aryl methyl sites for hydroxylation is 2. The van der Waals surface area contributed by atoms with Gasteiger partial charge in [0.15, 0.2) is 11.6 Å². The van der Waals surface area contributed by atoms with Gasteiger partial charge in [-0.15, -0.1) is 10.2 Å². The molecule has 0 bridgehead atoms. The molecule has 0 saturated heterocycles. The molecule has 22 heavy (non-hydrogen) atoms. The van der Waals surface area contributed by atoms with Crippen molar-refractivity contribution in [1.82, 2.24) is 24.5 Å². The summed E-state index contributed by atoms with van der Waals surface area (Å²) in [5.74, 6) is 2.61. The molecule has 1 aliphatic heterocycles. The number of nitrogens with zero attached hydrogens (tertiary/aromatic N) is 5. The van der Waals surface area contributed by atoms with Gasteiger partial charge in [0, 0.05) is 18.3 Å². The molecule has 0 atom stereocenters. The first-order valence-corrected chi connectivity index (χ1v) is 7.43. The van der Waals surface area contributed by atoms with Gasteiger partial charge in [0.1, 0.15) is 12.4 Å². The summed E-state index contributed by atoms with van der Waals surface area (Å²) >= 11 is 0. The van der Waals surface area contributed by atoms with Crippen molar-refractivity contribution in [3.05, 3.63) is 47.5 Å². The van der Waals surface area contributed by atoms with Crippen molar-refractivity contribution in [3.63, 3.8) is 0 Å². The van der Waals surface area contributed by atoms with Gasteiger partial charge in [-0.25, -0.2) is 0 Å². The van der Waals surface area contributed by atoms with Crippen molar-refractivity contribution < 1.29 is 4.74 Å². The molecule has 1 aliphatic rings. The number of hydrogen-bond donors (Lipinski definition) is 0. The fraction of sp³-hybridized carbons (Fsp3) is 0.312. The summed E-state index contributed by atoms with van der Waals surface area (Å²) in [5, 5.41) is 13.2. The van der Waals surface area contributed by atoms with Crippen LogP contribution in [0.15, 0.2) is 30.5 Å². The molecule has 0 aliphatic carbocycles. The number of hydrogen-bond acceptors (Lipinski definition) is 4. The fourth-order valence-corrected chi connectivity index (χ4v) is 2.79. The highest BCUT2D eigenvalue weighted by molar-refractivity contribution is 5.58. The van der Waals surface area contributed by atoms with Crippen molar-refractivity contribution in [2.45, 2.75) is 33.5 Å². The molecule has 0 unspecified atom stereocenters. The van der Waals surface area contributed by atoms with Gasteiger partial charge in [-0.2, -0.15) is 5.10 Å². The number of rotatable bonds is 2. The van der Waals surface area contributed by atoms with Gasteiger partial charge in [0.2, 0.25) is 0 Å². The van der Waals surface area contributed by atoms with Crippen LogP contribution in [0.2, 0.25) is 0 Å². The Labute approximate surface area is 128 Å². The maximum Gasteiger partial charge on any atom is 0.171 e. The van der Waals surface area contributed by atoms with Gasteiger partial charge in [-0.3, -0.25) is 4.68 Å². The number of benzene rings is 1. The van der Waals surface area contributed by atoms with Gasteiger partial charge < -0.3 is 9.30 Å². The first-order chi connectivity index (χ1) is 10.8. The Hall–Kier alpha value is -2.63. The Balaban J connectivity index is 1.82. The van der Waals surface area contributed by atoms with E-state index < -0.39 is 0 Å². The lowest BCUT2D eigenvalue weighted by molar-refractivity contribution is 0.297. The number of para-hydroxylation sites is 1. The lowest BCUT2D eigenvalue weighted by Gasteiger charge is -2.07. The van der Waals surface area contributed by atoms with E-state index in [1.807, 2.05) is 36.0 Å². The maximum atomic E-state index is 5.84. The van der Waals surface area contributed by atoms with E-state index in [-0.39, 0.29) is 0 Å². The second-order valence-corrected chi connectivity index (χ2v) is 5.41. The second-order valence-electron chi connectivity index (χ2n) is 5.41. The van der Waals surface area contributed by atoms with E-state index in [9.17, 15) is 0 Å². The van der Waals surface area contributed by atoms with Crippen molar-refractivity contribution in [3.8, 4) is 17.1 Å². The summed E-state index contributed by atoms with van der Waals surface area (Å²) in [5.41, 5.74) is 3.14. The van der Waals surface area contributed by atoms with Gasteiger partial charge in [-0.1, -0.05) is 18.2 Å². The zero-order chi connectivity index (χ0) is 15.1. The topological polar surface area (TPSA) is 57.8 Å². The lowest BCUT2D eigenvalue weighted by atomic mass is 10.2. The monoisotopic (exact) mass is 295 g/mol. The Morgan fingerprint density at radius 3 is 2.91 bits per heavy atom. The smallest absolute Gasteiger partial charge is 0.171 e. The Morgan fingerprint density at radius 1 is 1.23 bits per heavy atom. The molecular formula is C16H17N5O. The van der Waals surface area contributed by atoms with Crippen molar-refractivity contribution in [1.29, 1.82) is 0 Å². The van der Waals surface area contributed by atoms with Crippen LogP contribution in [0.4, 0.5) is 0 Å². The Kier molecular flexibility index (Phi) is 2.96. The van der Waals surface area contributed by atoms with E-state index >= 15 is 0 Å². The molecule has 0 saturated carbocycles. The minimum Gasteiger partial charge on any atom is -0.485 e. The average Bonchev–Trinajstić information content (AvgIpc) is 3.04. The zero-order valence-electron chi connectivity index (χ0n) is 12.7. The quantitative estimate of drug-likeness (QED) is 0.728. The van der Waals surface area contributed by atoms with Crippen LogP contribution in [-0.4, -0.2) is 24.5 Å². The minimum atomic E-state index is 0.435. The summed E-state index contributed by atoms with van der Waals surface area (Å²) in [6.07, 6.45) is 2.03. The second kappa shape index (κ2) is 4.98. The van der Waals surface area contributed by atoms with Crippen molar-refractivity contribution in [2.75, 3.05) is 0 Å². The predicted molar refractivity (Wildman–Crippen MR) is 81.5 cm³/mol. The van der Waals surface area contributed by atoms with E-state index in [0.717, 1.165) is 40.8 Å². The molecule has 0 fully saturated rings. The van der Waals surface area contributed by atoms with Crippen LogP contribution < -0.4 is 4.74 Å². The van der Waals surface area contributed by atoms with Crippen LogP contribution in [0.5, 0.6) is 5.75 Å². The van der Waals surface area contributed by atoms with Crippen LogP contribution in [0, 0.1) is 6.92 Å². The lowest BCUT2D eigenvalue weighted by Crippen LogP contribution is -2.05. The molecule has 0 radical (unpaired) electrons. The molecule has 0 amide bonds. The van der Waals surface area contributed by atoms with Crippen LogP contribution in [-0.2, 0) is 19.7 Å². The minimum absolute atomic E-state index is 0.435. The molecule has 6 heteroatoms. The highest BCUT2D eigenvalue weighted by atomic mass is 16.5. The van der Waals surface area contributed by atoms with Crippen molar-refractivity contribution >= 4 is 0 Å². The molecule has 0 N–H and O–H groups in total. The first kappa shape index (κ1) is 13.1. The SMILES string of the molecule is CCn1cc(-c2nnc3n2Cc2ccccc2OC3)c(C)n1. The van der Waals surface area contributed by atoms with E-state index in [4.69, 9.17) is 4.74 Å². The molecule has 0 spiro atoms. The molecule has 1 aromatic carbocycles. The molecule has 6 nitrogen and oxygen atoms in total. The third kappa shape index (κ3) is 1.99. The van der Waals surface area contributed by atoms with E-state index in [0.29, 0.717) is 13.2 Å². The maximum absolute atomic E-state index is 5.84. The van der Waals surface area contributed by atoms with Crippen LogP contribution in [0.25, 0.3) is 11.4 Å². The van der Waals surface area contributed by atoms with E-state index in [1.54, 1.807) is 0 Å². The number of ether oxygens (including phenoxy) is 1. The molecule has 3 heterocycles.